The van der Waals surface area contributed by atoms with E-state index in [2.05, 4.69) is 0 Å². The number of aliphatic hydroxyl groups is 3. The van der Waals surface area contributed by atoms with Crippen molar-refractivity contribution in [1.29, 1.82) is 0 Å². The highest BCUT2D eigenvalue weighted by molar-refractivity contribution is 4.81. The van der Waals surface area contributed by atoms with E-state index in [1.807, 2.05) is 0 Å². The third-order valence-corrected chi connectivity index (χ3v) is 1.44. The van der Waals surface area contributed by atoms with Gasteiger partial charge in [0.25, 0.3) is 0 Å². The molecule has 0 saturated carbocycles. The summed E-state index contributed by atoms with van der Waals surface area (Å²) in [4.78, 5) is 0. The highest BCUT2D eigenvalue weighted by atomic mass is 16.5. The van der Waals surface area contributed by atoms with Crippen LogP contribution in [0.2, 0.25) is 0 Å². The Bertz CT molecular complexity index is 95.0. The zero-order chi connectivity index (χ0) is 6.85. The van der Waals surface area contributed by atoms with E-state index in [0.717, 1.165) is 0 Å². The quantitative estimate of drug-likeness (QED) is 0.392. The van der Waals surface area contributed by atoms with E-state index in [4.69, 9.17) is 20.1 Å². The standard InChI is InChI=1S/C5H10O4/c6-1-4-5(8)3(7)2-9-4/h3-8H,1-2H2/t3-,4?,5+/m1/s1. The van der Waals surface area contributed by atoms with Crippen LogP contribution in [0.15, 0.2) is 0 Å². The molecule has 1 aliphatic rings. The van der Waals surface area contributed by atoms with E-state index in [0.29, 0.717) is 0 Å². The van der Waals surface area contributed by atoms with Crippen LogP contribution in [0.25, 0.3) is 0 Å². The van der Waals surface area contributed by atoms with Gasteiger partial charge in [-0.25, -0.2) is 0 Å². The second-order valence-corrected chi connectivity index (χ2v) is 2.11. The molecule has 1 saturated heterocycles. The van der Waals surface area contributed by atoms with Gasteiger partial charge in [0, 0.05) is 0 Å². The van der Waals surface area contributed by atoms with Gasteiger partial charge in [-0.1, -0.05) is 0 Å². The van der Waals surface area contributed by atoms with Gasteiger partial charge in [-0.3, -0.25) is 0 Å². The number of hydrogen-bond acceptors (Lipinski definition) is 4. The number of hydrogen-bond donors (Lipinski definition) is 3. The SMILES string of the molecule is OCC1OC[C@@H](O)[C@@H]1O. The van der Waals surface area contributed by atoms with Gasteiger partial charge in [-0.2, -0.15) is 0 Å². The number of ether oxygens (including phenoxy) is 1. The van der Waals surface area contributed by atoms with E-state index in [9.17, 15) is 0 Å². The zero-order valence-corrected chi connectivity index (χ0v) is 4.90. The van der Waals surface area contributed by atoms with Gasteiger partial charge in [-0.05, 0) is 0 Å². The molecule has 1 heterocycles. The van der Waals surface area contributed by atoms with Crippen molar-refractivity contribution in [2.45, 2.75) is 18.3 Å². The molecule has 0 aliphatic carbocycles. The maximum Gasteiger partial charge on any atom is 0.110 e. The fraction of sp³-hybridized carbons (Fsp3) is 1.00. The predicted octanol–water partition coefficient (Wildman–Crippen LogP) is -1.90. The molecule has 0 aromatic rings. The molecule has 1 rings (SSSR count). The van der Waals surface area contributed by atoms with Crippen LogP contribution in [0.4, 0.5) is 0 Å². The first-order valence-electron chi connectivity index (χ1n) is 2.84. The molecule has 1 aliphatic heterocycles. The lowest BCUT2D eigenvalue weighted by atomic mass is 10.2. The van der Waals surface area contributed by atoms with Crippen molar-refractivity contribution in [1.82, 2.24) is 0 Å². The summed E-state index contributed by atoms with van der Waals surface area (Å²) in [5.74, 6) is 0. The Labute approximate surface area is 52.7 Å². The zero-order valence-electron chi connectivity index (χ0n) is 4.90. The molecule has 1 fully saturated rings. The lowest BCUT2D eigenvalue weighted by molar-refractivity contribution is -0.00588. The highest BCUT2D eigenvalue weighted by Crippen LogP contribution is 2.12. The molecule has 0 bridgehead atoms. The van der Waals surface area contributed by atoms with E-state index >= 15 is 0 Å². The molecular weight excluding hydrogens is 124 g/mol. The smallest absolute Gasteiger partial charge is 0.110 e. The second kappa shape index (κ2) is 2.62. The summed E-state index contributed by atoms with van der Waals surface area (Å²) >= 11 is 0. The Balaban J connectivity index is 2.41. The molecule has 0 aromatic carbocycles. The summed E-state index contributed by atoms with van der Waals surface area (Å²) in [5, 5.41) is 26.2. The van der Waals surface area contributed by atoms with Gasteiger partial charge in [0.15, 0.2) is 0 Å². The van der Waals surface area contributed by atoms with Crippen molar-refractivity contribution >= 4 is 0 Å². The summed E-state index contributed by atoms with van der Waals surface area (Å²) in [6, 6.07) is 0. The van der Waals surface area contributed by atoms with Crippen molar-refractivity contribution in [3.05, 3.63) is 0 Å². The number of aliphatic hydroxyl groups excluding tert-OH is 3. The van der Waals surface area contributed by atoms with Crippen LogP contribution in [0, 0.1) is 0 Å². The lowest BCUT2D eigenvalue weighted by Gasteiger charge is -2.10. The molecule has 4 nitrogen and oxygen atoms in total. The molecule has 0 aromatic heterocycles. The molecule has 0 spiro atoms. The first kappa shape index (κ1) is 6.95. The largest absolute Gasteiger partial charge is 0.394 e. The third kappa shape index (κ3) is 1.21. The van der Waals surface area contributed by atoms with Crippen LogP contribution < -0.4 is 0 Å². The van der Waals surface area contributed by atoms with Gasteiger partial charge in [-0.15, -0.1) is 0 Å². The molecule has 0 amide bonds. The van der Waals surface area contributed by atoms with Crippen molar-refractivity contribution in [3.63, 3.8) is 0 Å². The van der Waals surface area contributed by atoms with Gasteiger partial charge in [0.1, 0.15) is 18.3 Å². The fourth-order valence-electron chi connectivity index (χ4n) is 0.828. The predicted molar refractivity (Wildman–Crippen MR) is 28.8 cm³/mol. The highest BCUT2D eigenvalue weighted by Gasteiger charge is 2.33. The maximum atomic E-state index is 8.92. The molecule has 9 heavy (non-hydrogen) atoms. The Morgan fingerprint density at radius 2 is 2.11 bits per heavy atom. The Morgan fingerprint density at radius 1 is 1.44 bits per heavy atom. The summed E-state index contributed by atoms with van der Waals surface area (Å²) in [5.41, 5.74) is 0. The molecule has 54 valence electrons. The minimum Gasteiger partial charge on any atom is -0.394 e. The van der Waals surface area contributed by atoms with E-state index in [1.165, 1.54) is 0 Å². The van der Waals surface area contributed by atoms with Crippen LogP contribution in [0.3, 0.4) is 0 Å². The molecule has 4 heteroatoms. The molecule has 0 radical (unpaired) electrons. The van der Waals surface area contributed by atoms with Crippen molar-refractivity contribution in [2.24, 2.45) is 0 Å². The van der Waals surface area contributed by atoms with Gasteiger partial charge in [0.2, 0.25) is 0 Å². The molecule has 1 unspecified atom stereocenters. The van der Waals surface area contributed by atoms with Crippen molar-refractivity contribution in [2.75, 3.05) is 13.2 Å². The van der Waals surface area contributed by atoms with Gasteiger partial charge >= 0.3 is 0 Å². The maximum absolute atomic E-state index is 8.92. The van der Waals surface area contributed by atoms with Crippen LogP contribution in [-0.4, -0.2) is 46.8 Å². The summed E-state index contributed by atoms with van der Waals surface area (Å²) in [7, 11) is 0. The lowest BCUT2D eigenvalue weighted by Crippen LogP contribution is -2.31. The summed E-state index contributed by atoms with van der Waals surface area (Å²) in [6.45, 7) is -0.120. The van der Waals surface area contributed by atoms with Crippen LogP contribution in [0.1, 0.15) is 0 Å². The molecule has 3 atom stereocenters. The fourth-order valence-corrected chi connectivity index (χ4v) is 0.828. The van der Waals surface area contributed by atoms with E-state index < -0.39 is 18.3 Å². The molecular formula is C5H10O4. The molecule has 3 N–H and O–H groups in total. The summed E-state index contributed by atoms with van der Waals surface area (Å²) in [6.07, 6.45) is -2.35. The van der Waals surface area contributed by atoms with E-state index in [1.54, 1.807) is 0 Å². The van der Waals surface area contributed by atoms with Gasteiger partial charge < -0.3 is 20.1 Å². The minimum atomic E-state index is -0.921. The second-order valence-electron chi connectivity index (χ2n) is 2.11. The normalized spacial score (nSPS) is 43.7. The first-order chi connectivity index (χ1) is 4.25. The topological polar surface area (TPSA) is 69.9 Å². The van der Waals surface area contributed by atoms with Crippen molar-refractivity contribution < 1.29 is 20.1 Å². The average Bonchev–Trinajstić information content (AvgIpc) is 2.15. The Morgan fingerprint density at radius 3 is 2.33 bits per heavy atom. The van der Waals surface area contributed by atoms with Crippen LogP contribution in [-0.2, 0) is 4.74 Å². The van der Waals surface area contributed by atoms with E-state index in [-0.39, 0.29) is 13.2 Å². The first-order valence-corrected chi connectivity index (χ1v) is 2.84. The van der Waals surface area contributed by atoms with Crippen molar-refractivity contribution in [3.8, 4) is 0 Å². The summed E-state index contributed by atoms with van der Waals surface area (Å²) < 4.78 is 4.78. The number of rotatable bonds is 1. The average molecular weight is 134 g/mol. The third-order valence-electron chi connectivity index (χ3n) is 1.44. The monoisotopic (exact) mass is 134 g/mol. The minimum absolute atomic E-state index is 0.117. The Kier molecular flexibility index (Phi) is 2.02. The van der Waals surface area contributed by atoms with Crippen LogP contribution >= 0.6 is 0 Å². The van der Waals surface area contributed by atoms with Gasteiger partial charge in [0.05, 0.1) is 13.2 Å². The van der Waals surface area contributed by atoms with Crippen LogP contribution in [0.5, 0.6) is 0 Å². The Hall–Kier alpha value is -0.160.